The molecular formula is C27H31NO3. The smallest absolute Gasteiger partial charge is 0.193 e. The zero-order valence-electron chi connectivity index (χ0n) is 18.9. The van der Waals surface area contributed by atoms with Crippen molar-refractivity contribution in [3.63, 3.8) is 0 Å². The minimum Gasteiger partial charge on any atom is -0.358 e. The Morgan fingerprint density at radius 2 is 1.87 bits per heavy atom. The summed E-state index contributed by atoms with van der Waals surface area (Å²) in [6.45, 7) is 8.98. The summed E-state index contributed by atoms with van der Waals surface area (Å²) < 4.78 is 13.0. The number of rotatable bonds is 0. The first kappa shape index (κ1) is 18.6. The third-order valence-electron chi connectivity index (χ3n) is 10.1. The van der Waals surface area contributed by atoms with Gasteiger partial charge >= 0.3 is 0 Å². The lowest BCUT2D eigenvalue weighted by atomic mass is 9.44. The second-order valence-electron chi connectivity index (χ2n) is 11.6. The summed E-state index contributed by atoms with van der Waals surface area (Å²) in [6.07, 6.45) is 6.78. The van der Waals surface area contributed by atoms with Crippen LogP contribution in [0.1, 0.15) is 64.6 Å². The molecule has 6 atom stereocenters. The number of aromatic nitrogens is 1. The number of nitrogens with one attached hydrogen (secondary N) is 1. The quantitative estimate of drug-likeness (QED) is 0.640. The van der Waals surface area contributed by atoms with Crippen LogP contribution in [0.2, 0.25) is 0 Å². The number of carbonyl (C=O) groups excluding carboxylic acids is 1. The number of benzene rings is 1. The Morgan fingerprint density at radius 3 is 2.71 bits per heavy atom. The monoisotopic (exact) mass is 417 g/mol. The molecular weight excluding hydrogens is 386 g/mol. The standard InChI is InChI=1S/C27H31NO3/c1-24(2)23-21(29)14-19-18-10-9-15-13-17-16-7-5-6-8-20(16)28-22(17)26(15,4)25(18,3)11-12-27(19,30-23)31-24/h5-8,14-15,18,23,28H,9-13H2,1-4H3/t15-,18?,23-,25?,26+,27-/m0/s1. The average Bonchev–Trinajstić information content (AvgIpc) is 3.31. The van der Waals surface area contributed by atoms with Crippen molar-refractivity contribution in [2.24, 2.45) is 17.3 Å². The van der Waals surface area contributed by atoms with Gasteiger partial charge in [0.15, 0.2) is 17.7 Å². The number of fused-ring (bicyclic) bond motifs is 9. The van der Waals surface area contributed by atoms with Crippen LogP contribution in [0.4, 0.5) is 0 Å². The topological polar surface area (TPSA) is 51.3 Å². The first-order chi connectivity index (χ1) is 14.7. The van der Waals surface area contributed by atoms with E-state index in [1.54, 1.807) is 0 Å². The van der Waals surface area contributed by atoms with Crippen LogP contribution in [0.15, 0.2) is 35.9 Å². The fourth-order valence-corrected chi connectivity index (χ4v) is 8.38. The molecule has 3 aliphatic carbocycles. The Morgan fingerprint density at radius 1 is 1.06 bits per heavy atom. The van der Waals surface area contributed by atoms with E-state index in [0.29, 0.717) is 11.8 Å². The number of H-pyrrole nitrogens is 1. The summed E-state index contributed by atoms with van der Waals surface area (Å²) in [5, 5.41) is 1.39. The number of carbonyl (C=O) groups is 1. The molecule has 1 aromatic carbocycles. The number of ether oxygens (including phenoxy) is 2. The van der Waals surface area contributed by atoms with Gasteiger partial charge in [-0.25, -0.2) is 0 Å². The minimum atomic E-state index is -0.697. The fourth-order valence-electron chi connectivity index (χ4n) is 8.38. The maximum absolute atomic E-state index is 13.0. The van der Waals surface area contributed by atoms with E-state index in [-0.39, 0.29) is 16.6 Å². The molecule has 5 aliphatic rings. The second-order valence-corrected chi connectivity index (χ2v) is 11.6. The first-order valence-corrected chi connectivity index (χ1v) is 11.9. The molecule has 7 rings (SSSR count). The van der Waals surface area contributed by atoms with Crippen molar-refractivity contribution in [2.45, 2.75) is 82.7 Å². The number of hydrogen-bond acceptors (Lipinski definition) is 3. The summed E-state index contributed by atoms with van der Waals surface area (Å²) in [7, 11) is 0. The molecule has 2 unspecified atom stereocenters. The van der Waals surface area contributed by atoms with Gasteiger partial charge in [-0.15, -0.1) is 0 Å². The van der Waals surface area contributed by atoms with Crippen molar-refractivity contribution in [3.8, 4) is 0 Å². The molecule has 1 N–H and O–H groups in total. The van der Waals surface area contributed by atoms with Crippen molar-refractivity contribution in [1.29, 1.82) is 0 Å². The van der Waals surface area contributed by atoms with Gasteiger partial charge in [0, 0.05) is 28.4 Å². The van der Waals surface area contributed by atoms with E-state index in [9.17, 15) is 4.79 Å². The highest BCUT2D eigenvalue weighted by molar-refractivity contribution is 5.97. The summed E-state index contributed by atoms with van der Waals surface area (Å²) in [5.74, 6) is 0.335. The summed E-state index contributed by atoms with van der Waals surface area (Å²) in [6, 6.07) is 8.75. The molecule has 31 heavy (non-hydrogen) atoms. The van der Waals surface area contributed by atoms with Gasteiger partial charge in [-0.1, -0.05) is 32.0 Å². The van der Waals surface area contributed by atoms with Gasteiger partial charge in [-0.2, -0.15) is 0 Å². The Balaban J connectivity index is 1.39. The Labute approximate surface area is 183 Å². The summed E-state index contributed by atoms with van der Waals surface area (Å²) in [4.78, 5) is 16.9. The fraction of sp³-hybridized carbons (Fsp3) is 0.593. The van der Waals surface area contributed by atoms with Crippen molar-refractivity contribution >= 4 is 16.7 Å². The van der Waals surface area contributed by atoms with E-state index in [0.717, 1.165) is 31.3 Å². The molecule has 0 amide bonds. The van der Waals surface area contributed by atoms with Gasteiger partial charge in [0.2, 0.25) is 0 Å². The van der Waals surface area contributed by atoms with Crippen LogP contribution in [0.3, 0.4) is 0 Å². The predicted molar refractivity (Wildman–Crippen MR) is 119 cm³/mol. The number of hydrogen-bond donors (Lipinski definition) is 1. The molecule has 1 saturated heterocycles. The van der Waals surface area contributed by atoms with E-state index >= 15 is 0 Å². The van der Waals surface area contributed by atoms with Crippen molar-refractivity contribution < 1.29 is 14.3 Å². The van der Waals surface area contributed by atoms with Crippen LogP contribution in [0, 0.1) is 17.3 Å². The molecule has 2 aromatic rings. The van der Waals surface area contributed by atoms with E-state index in [1.807, 2.05) is 19.9 Å². The zero-order valence-corrected chi connectivity index (χ0v) is 18.9. The van der Waals surface area contributed by atoms with Gasteiger partial charge in [0.05, 0.1) is 0 Å². The minimum absolute atomic E-state index is 0.0563. The Kier molecular flexibility index (Phi) is 3.22. The highest BCUT2D eigenvalue weighted by atomic mass is 16.8. The summed E-state index contributed by atoms with van der Waals surface area (Å²) >= 11 is 0. The van der Waals surface area contributed by atoms with E-state index in [4.69, 9.17) is 9.47 Å². The van der Waals surface area contributed by atoms with Crippen LogP contribution in [0.25, 0.3) is 10.9 Å². The largest absolute Gasteiger partial charge is 0.358 e. The zero-order chi connectivity index (χ0) is 21.4. The van der Waals surface area contributed by atoms with Crippen molar-refractivity contribution in [3.05, 3.63) is 47.2 Å². The highest BCUT2D eigenvalue weighted by Gasteiger charge is 2.69. The molecule has 3 heterocycles. The predicted octanol–water partition coefficient (Wildman–Crippen LogP) is 5.21. The van der Waals surface area contributed by atoms with Crippen LogP contribution in [-0.2, 0) is 26.1 Å². The lowest BCUT2D eigenvalue weighted by Crippen LogP contribution is -2.60. The molecule has 2 bridgehead atoms. The summed E-state index contributed by atoms with van der Waals surface area (Å²) in [5.41, 5.74) is 4.89. The van der Waals surface area contributed by atoms with Gasteiger partial charge in [-0.3, -0.25) is 4.79 Å². The van der Waals surface area contributed by atoms with E-state index < -0.39 is 17.5 Å². The number of aromatic amines is 1. The normalized spacial score (nSPS) is 44.5. The number of para-hydroxylation sites is 1. The van der Waals surface area contributed by atoms with Crippen molar-refractivity contribution in [1.82, 2.24) is 4.98 Å². The van der Waals surface area contributed by atoms with Crippen LogP contribution < -0.4 is 0 Å². The Hall–Kier alpha value is -1.91. The molecule has 4 heteroatoms. The molecule has 1 spiro atoms. The lowest BCUT2D eigenvalue weighted by molar-refractivity contribution is -0.205. The molecule has 4 nitrogen and oxygen atoms in total. The first-order valence-electron chi connectivity index (χ1n) is 11.9. The van der Waals surface area contributed by atoms with Gasteiger partial charge in [-0.05, 0) is 80.1 Å². The SMILES string of the molecule is CC1(C)O[C@@]23CCC4(C)C(CC[C@H]5Cc6c([nH]c7ccccc67)[C@@]54C)C2=CC(=O)[C@@H]1O3. The highest BCUT2D eigenvalue weighted by Crippen LogP contribution is 2.70. The molecule has 2 aliphatic heterocycles. The third-order valence-corrected chi connectivity index (χ3v) is 10.1. The third kappa shape index (κ3) is 1.95. The molecule has 2 saturated carbocycles. The van der Waals surface area contributed by atoms with Gasteiger partial charge in [0.1, 0.15) is 5.60 Å². The lowest BCUT2D eigenvalue weighted by Gasteiger charge is -2.61. The second kappa shape index (κ2) is 5.35. The van der Waals surface area contributed by atoms with Crippen LogP contribution >= 0.6 is 0 Å². The molecule has 162 valence electrons. The van der Waals surface area contributed by atoms with Gasteiger partial charge < -0.3 is 14.5 Å². The molecule has 3 fully saturated rings. The van der Waals surface area contributed by atoms with Gasteiger partial charge in [0.25, 0.3) is 0 Å². The number of ketones is 1. The Bertz CT molecular complexity index is 1190. The van der Waals surface area contributed by atoms with E-state index in [1.165, 1.54) is 28.6 Å². The van der Waals surface area contributed by atoms with E-state index in [2.05, 4.69) is 43.1 Å². The maximum atomic E-state index is 13.0. The average molecular weight is 418 g/mol. The van der Waals surface area contributed by atoms with Crippen LogP contribution in [0.5, 0.6) is 0 Å². The molecule has 0 radical (unpaired) electrons. The van der Waals surface area contributed by atoms with Crippen molar-refractivity contribution in [2.75, 3.05) is 0 Å². The maximum Gasteiger partial charge on any atom is 0.193 e. The molecule has 1 aromatic heterocycles. The van der Waals surface area contributed by atoms with Crippen LogP contribution in [-0.4, -0.2) is 28.3 Å².